The quantitative estimate of drug-likeness (QED) is 0.595. The number of rotatable bonds is 5. The van der Waals surface area contributed by atoms with Crippen molar-refractivity contribution in [2.24, 2.45) is 0 Å². The largest absolute Gasteiger partial charge is 0.495 e. The summed E-state index contributed by atoms with van der Waals surface area (Å²) >= 11 is 11.4. The molecule has 2 aromatic carbocycles. The SMILES string of the molecule is COc1ccc(C)cc1NC(=S)Nc1ccn(Cc2c(F)cccc2Cl)n1. The molecule has 0 amide bonds. The molecule has 0 aliphatic rings. The molecule has 0 spiro atoms. The third kappa shape index (κ3) is 4.75. The zero-order valence-corrected chi connectivity index (χ0v) is 16.4. The fourth-order valence-corrected chi connectivity index (χ4v) is 2.99. The lowest BCUT2D eigenvalue weighted by Crippen LogP contribution is -2.20. The Bertz CT molecular complexity index is 956. The van der Waals surface area contributed by atoms with Crippen molar-refractivity contribution in [2.75, 3.05) is 17.7 Å². The van der Waals surface area contributed by atoms with E-state index < -0.39 is 0 Å². The normalized spacial score (nSPS) is 10.5. The molecule has 0 radical (unpaired) electrons. The molecular formula is C19H18ClFN4OS. The van der Waals surface area contributed by atoms with E-state index in [-0.39, 0.29) is 12.4 Å². The van der Waals surface area contributed by atoms with Gasteiger partial charge in [-0.3, -0.25) is 4.68 Å². The Balaban J connectivity index is 1.67. The summed E-state index contributed by atoms with van der Waals surface area (Å²) < 4.78 is 20.8. The van der Waals surface area contributed by atoms with Crippen LogP contribution in [0.25, 0.3) is 0 Å². The summed E-state index contributed by atoms with van der Waals surface area (Å²) in [5.41, 5.74) is 2.22. The summed E-state index contributed by atoms with van der Waals surface area (Å²) in [7, 11) is 1.60. The van der Waals surface area contributed by atoms with Crippen LogP contribution in [0.3, 0.4) is 0 Å². The smallest absolute Gasteiger partial charge is 0.176 e. The van der Waals surface area contributed by atoms with Crippen LogP contribution < -0.4 is 15.4 Å². The van der Waals surface area contributed by atoms with Gasteiger partial charge in [-0.25, -0.2) is 4.39 Å². The van der Waals surface area contributed by atoms with E-state index >= 15 is 0 Å². The molecule has 0 saturated heterocycles. The third-order valence-electron chi connectivity index (χ3n) is 3.87. The molecule has 0 aliphatic carbocycles. The molecule has 1 aromatic heterocycles. The fraction of sp³-hybridized carbons (Fsp3) is 0.158. The van der Waals surface area contributed by atoms with E-state index in [0.717, 1.165) is 11.3 Å². The van der Waals surface area contributed by atoms with Crippen LogP contribution in [0.15, 0.2) is 48.7 Å². The monoisotopic (exact) mass is 404 g/mol. The van der Waals surface area contributed by atoms with Crippen molar-refractivity contribution < 1.29 is 9.13 Å². The number of hydrogen-bond acceptors (Lipinski definition) is 3. The van der Waals surface area contributed by atoms with Crippen molar-refractivity contribution in [2.45, 2.75) is 13.5 Å². The minimum absolute atomic E-state index is 0.221. The number of aromatic nitrogens is 2. The van der Waals surface area contributed by atoms with Crippen molar-refractivity contribution >= 4 is 40.4 Å². The van der Waals surface area contributed by atoms with Crippen molar-refractivity contribution in [3.8, 4) is 5.75 Å². The molecule has 0 bridgehead atoms. The molecule has 2 N–H and O–H groups in total. The van der Waals surface area contributed by atoms with Crippen LogP contribution in [0.5, 0.6) is 5.75 Å². The van der Waals surface area contributed by atoms with Crippen molar-refractivity contribution in [3.63, 3.8) is 0 Å². The zero-order chi connectivity index (χ0) is 19.4. The molecule has 140 valence electrons. The van der Waals surface area contributed by atoms with Gasteiger partial charge in [0.2, 0.25) is 0 Å². The predicted molar refractivity (Wildman–Crippen MR) is 110 cm³/mol. The van der Waals surface area contributed by atoms with E-state index in [4.69, 9.17) is 28.6 Å². The highest BCUT2D eigenvalue weighted by Crippen LogP contribution is 2.25. The van der Waals surface area contributed by atoms with E-state index in [1.54, 1.807) is 36.2 Å². The van der Waals surface area contributed by atoms with Crippen LogP contribution in [0.4, 0.5) is 15.9 Å². The second-order valence-corrected chi connectivity index (χ2v) is 6.70. The van der Waals surface area contributed by atoms with Gasteiger partial charge >= 0.3 is 0 Å². The molecule has 3 rings (SSSR count). The number of nitrogens with zero attached hydrogens (tertiary/aromatic N) is 2. The van der Waals surface area contributed by atoms with E-state index in [0.29, 0.717) is 27.3 Å². The van der Waals surface area contributed by atoms with Crippen molar-refractivity contribution in [1.29, 1.82) is 0 Å². The van der Waals surface area contributed by atoms with E-state index in [9.17, 15) is 4.39 Å². The average molecular weight is 405 g/mol. The number of hydrogen-bond donors (Lipinski definition) is 2. The van der Waals surface area contributed by atoms with E-state index in [2.05, 4.69) is 15.7 Å². The fourth-order valence-electron chi connectivity index (χ4n) is 2.55. The molecule has 3 aromatic rings. The number of halogens is 2. The van der Waals surface area contributed by atoms with Gasteiger partial charge in [-0.15, -0.1) is 0 Å². The molecule has 5 nitrogen and oxygen atoms in total. The molecule has 8 heteroatoms. The number of benzene rings is 2. The first-order valence-corrected chi connectivity index (χ1v) is 8.94. The van der Waals surface area contributed by atoms with Crippen LogP contribution in [0, 0.1) is 12.7 Å². The minimum Gasteiger partial charge on any atom is -0.495 e. The van der Waals surface area contributed by atoms with Gasteiger partial charge in [-0.1, -0.05) is 23.7 Å². The Morgan fingerprint density at radius 1 is 1.26 bits per heavy atom. The topological polar surface area (TPSA) is 51.1 Å². The Hall–Kier alpha value is -2.64. The Kier molecular flexibility index (Phi) is 5.93. The first kappa shape index (κ1) is 19.1. The molecular weight excluding hydrogens is 387 g/mol. The maximum atomic E-state index is 13.9. The van der Waals surface area contributed by atoms with Crippen LogP contribution >= 0.6 is 23.8 Å². The summed E-state index contributed by atoms with van der Waals surface area (Å²) in [6, 6.07) is 12.1. The highest BCUT2D eigenvalue weighted by Gasteiger charge is 2.10. The van der Waals surface area contributed by atoms with Gasteiger partial charge in [0.05, 0.1) is 19.3 Å². The van der Waals surface area contributed by atoms with Gasteiger partial charge in [0.1, 0.15) is 11.6 Å². The maximum Gasteiger partial charge on any atom is 0.176 e. The lowest BCUT2D eigenvalue weighted by Gasteiger charge is -2.13. The van der Waals surface area contributed by atoms with Gasteiger partial charge in [0, 0.05) is 22.8 Å². The molecule has 0 fully saturated rings. The number of aryl methyl sites for hydroxylation is 1. The van der Waals surface area contributed by atoms with Gasteiger partial charge in [-0.2, -0.15) is 5.10 Å². The van der Waals surface area contributed by atoms with Gasteiger partial charge in [-0.05, 0) is 49.0 Å². The van der Waals surface area contributed by atoms with Crippen molar-refractivity contribution in [1.82, 2.24) is 9.78 Å². The highest BCUT2D eigenvalue weighted by molar-refractivity contribution is 7.80. The molecule has 0 unspecified atom stereocenters. The predicted octanol–water partition coefficient (Wildman–Crippen LogP) is 4.85. The maximum absolute atomic E-state index is 13.9. The standard InChI is InChI=1S/C19H18ClFN4OS/c1-12-6-7-17(26-2)16(10-12)22-19(27)23-18-8-9-25(24-18)11-13-14(20)4-3-5-15(13)21/h3-10H,11H2,1-2H3,(H2,22,23,24,27). The first-order chi connectivity index (χ1) is 13.0. The second-order valence-electron chi connectivity index (χ2n) is 5.88. The number of ether oxygens (including phenoxy) is 1. The van der Waals surface area contributed by atoms with Gasteiger partial charge < -0.3 is 15.4 Å². The van der Waals surface area contributed by atoms with Gasteiger partial charge in [0.25, 0.3) is 0 Å². The van der Waals surface area contributed by atoms with E-state index in [1.807, 2.05) is 25.1 Å². The highest BCUT2D eigenvalue weighted by atomic mass is 35.5. The molecule has 27 heavy (non-hydrogen) atoms. The molecule has 0 atom stereocenters. The van der Waals surface area contributed by atoms with Crippen molar-refractivity contribution in [3.05, 3.63) is 70.6 Å². The summed E-state index contributed by atoms with van der Waals surface area (Å²) in [6.07, 6.45) is 1.72. The average Bonchev–Trinajstić information content (AvgIpc) is 3.05. The van der Waals surface area contributed by atoms with Crippen LogP contribution in [-0.2, 0) is 6.54 Å². The summed E-state index contributed by atoms with van der Waals surface area (Å²) in [5, 5.41) is 11.2. The lowest BCUT2D eigenvalue weighted by atomic mass is 10.2. The number of anilines is 2. The number of thiocarbonyl (C=S) groups is 1. The summed E-state index contributed by atoms with van der Waals surface area (Å²) in [4.78, 5) is 0. The Labute approximate surface area is 167 Å². The number of nitrogens with one attached hydrogen (secondary N) is 2. The summed E-state index contributed by atoms with van der Waals surface area (Å²) in [6.45, 7) is 2.20. The van der Waals surface area contributed by atoms with Crippen LogP contribution in [0.2, 0.25) is 5.02 Å². The Morgan fingerprint density at radius 2 is 2.07 bits per heavy atom. The lowest BCUT2D eigenvalue weighted by molar-refractivity contribution is 0.417. The number of methoxy groups -OCH3 is 1. The van der Waals surface area contributed by atoms with Crippen LogP contribution in [-0.4, -0.2) is 22.0 Å². The molecule has 1 heterocycles. The van der Waals surface area contributed by atoms with E-state index in [1.165, 1.54) is 6.07 Å². The third-order valence-corrected chi connectivity index (χ3v) is 4.43. The van der Waals surface area contributed by atoms with Crippen LogP contribution in [0.1, 0.15) is 11.1 Å². The second kappa shape index (κ2) is 8.37. The first-order valence-electron chi connectivity index (χ1n) is 8.15. The Morgan fingerprint density at radius 3 is 2.81 bits per heavy atom. The zero-order valence-electron chi connectivity index (χ0n) is 14.8. The molecule has 0 saturated carbocycles. The minimum atomic E-state index is -0.365. The van der Waals surface area contributed by atoms with Gasteiger partial charge in [0.15, 0.2) is 10.9 Å². The summed E-state index contributed by atoms with van der Waals surface area (Å²) in [5.74, 6) is 0.854. The molecule has 0 aliphatic heterocycles.